The predicted octanol–water partition coefficient (Wildman–Crippen LogP) is 1.89. The average molecular weight is 338 g/mol. The molecular weight excluding hydrogens is 327 g/mol. The zero-order chi connectivity index (χ0) is 15.3. The van der Waals surface area contributed by atoms with Gasteiger partial charge in [-0.05, 0) is 18.6 Å². The molecule has 3 heterocycles. The molecule has 9 heteroatoms. The lowest BCUT2D eigenvalue weighted by Gasteiger charge is -2.00. The van der Waals surface area contributed by atoms with Gasteiger partial charge in [-0.3, -0.25) is 0 Å². The molecule has 1 aliphatic rings. The zero-order valence-corrected chi connectivity index (χ0v) is 12.9. The standard InChI is InChI=1S/C13H11FN4O2S2/c14-10-3-1-2-8(6-10)11-15-16-13-18(11)17-12(21-13)9-4-5-22(19,20)7-9/h1-3,6,9H,4-5,7H2. The Bertz CT molecular complexity index is 963. The summed E-state index contributed by atoms with van der Waals surface area (Å²) < 4.78 is 38.1. The fourth-order valence-corrected chi connectivity index (χ4v) is 5.42. The molecule has 0 saturated carbocycles. The summed E-state index contributed by atoms with van der Waals surface area (Å²) in [7, 11) is -2.96. The van der Waals surface area contributed by atoms with E-state index in [4.69, 9.17) is 0 Å². The normalized spacial score (nSPS) is 20.7. The first-order valence-corrected chi connectivity index (χ1v) is 9.34. The fourth-order valence-electron chi connectivity index (χ4n) is 2.59. The summed E-state index contributed by atoms with van der Waals surface area (Å²) in [6.45, 7) is 0. The molecule has 0 bridgehead atoms. The maximum Gasteiger partial charge on any atom is 0.234 e. The molecule has 1 unspecified atom stereocenters. The van der Waals surface area contributed by atoms with Crippen molar-refractivity contribution in [2.24, 2.45) is 0 Å². The van der Waals surface area contributed by atoms with Crippen LogP contribution in [-0.2, 0) is 9.84 Å². The van der Waals surface area contributed by atoms with E-state index in [9.17, 15) is 12.8 Å². The second-order valence-electron chi connectivity index (χ2n) is 5.27. The van der Waals surface area contributed by atoms with Crippen LogP contribution in [0, 0.1) is 5.82 Å². The Morgan fingerprint density at radius 2 is 2.18 bits per heavy atom. The maximum absolute atomic E-state index is 13.4. The Morgan fingerprint density at radius 1 is 1.32 bits per heavy atom. The average Bonchev–Trinajstić information content (AvgIpc) is 3.11. The van der Waals surface area contributed by atoms with Gasteiger partial charge in [0, 0.05) is 11.5 Å². The van der Waals surface area contributed by atoms with E-state index in [2.05, 4.69) is 15.3 Å². The molecule has 6 nitrogen and oxygen atoms in total. The van der Waals surface area contributed by atoms with E-state index in [0.717, 1.165) is 5.01 Å². The summed E-state index contributed by atoms with van der Waals surface area (Å²) in [5, 5.41) is 13.3. The van der Waals surface area contributed by atoms with Gasteiger partial charge < -0.3 is 0 Å². The van der Waals surface area contributed by atoms with Crippen LogP contribution < -0.4 is 0 Å². The number of sulfone groups is 1. The second kappa shape index (κ2) is 4.82. The minimum Gasteiger partial charge on any atom is -0.229 e. The third-order valence-electron chi connectivity index (χ3n) is 3.67. The summed E-state index contributed by atoms with van der Waals surface area (Å²) in [6, 6.07) is 6.06. The van der Waals surface area contributed by atoms with Crippen LogP contribution in [0.15, 0.2) is 24.3 Å². The Kier molecular flexibility index (Phi) is 3.01. The first-order valence-electron chi connectivity index (χ1n) is 6.70. The molecule has 4 rings (SSSR count). The highest BCUT2D eigenvalue weighted by Gasteiger charge is 2.32. The van der Waals surface area contributed by atoms with E-state index in [1.54, 1.807) is 16.6 Å². The molecule has 22 heavy (non-hydrogen) atoms. The van der Waals surface area contributed by atoms with Gasteiger partial charge >= 0.3 is 0 Å². The van der Waals surface area contributed by atoms with Gasteiger partial charge in [-0.1, -0.05) is 23.5 Å². The van der Waals surface area contributed by atoms with Gasteiger partial charge in [0.25, 0.3) is 0 Å². The highest BCUT2D eigenvalue weighted by Crippen LogP contribution is 2.32. The molecule has 0 amide bonds. The third kappa shape index (κ3) is 2.30. The largest absolute Gasteiger partial charge is 0.234 e. The minimum atomic E-state index is -2.96. The molecule has 1 saturated heterocycles. The van der Waals surface area contributed by atoms with Gasteiger partial charge in [-0.15, -0.1) is 10.2 Å². The van der Waals surface area contributed by atoms with Gasteiger partial charge in [0.1, 0.15) is 10.8 Å². The molecule has 0 radical (unpaired) electrons. The number of halogens is 1. The number of fused-ring (bicyclic) bond motifs is 1. The van der Waals surface area contributed by atoms with Crippen LogP contribution in [-0.4, -0.2) is 39.7 Å². The van der Waals surface area contributed by atoms with E-state index < -0.39 is 9.84 Å². The Labute approximate surface area is 129 Å². The van der Waals surface area contributed by atoms with Gasteiger partial charge in [0.15, 0.2) is 15.7 Å². The predicted molar refractivity (Wildman–Crippen MR) is 80.1 cm³/mol. The lowest BCUT2D eigenvalue weighted by atomic mass is 10.1. The lowest BCUT2D eigenvalue weighted by Crippen LogP contribution is -2.04. The fraction of sp³-hybridized carbons (Fsp3) is 0.308. The maximum atomic E-state index is 13.4. The quantitative estimate of drug-likeness (QED) is 0.713. The summed E-state index contributed by atoms with van der Waals surface area (Å²) in [4.78, 5) is 0.582. The zero-order valence-electron chi connectivity index (χ0n) is 11.3. The van der Waals surface area contributed by atoms with Gasteiger partial charge in [0.05, 0.1) is 11.5 Å². The summed E-state index contributed by atoms with van der Waals surface area (Å²) >= 11 is 1.34. The molecule has 0 spiro atoms. The molecular formula is C13H11FN4O2S2. The van der Waals surface area contributed by atoms with Crippen molar-refractivity contribution in [1.29, 1.82) is 0 Å². The summed E-state index contributed by atoms with van der Waals surface area (Å²) in [5.41, 5.74) is 0.586. The number of hydrogen-bond acceptors (Lipinski definition) is 6. The van der Waals surface area contributed by atoms with Gasteiger partial charge in [-0.25, -0.2) is 12.8 Å². The number of rotatable bonds is 2. The van der Waals surface area contributed by atoms with Crippen LogP contribution in [0.3, 0.4) is 0 Å². The Balaban J connectivity index is 1.77. The van der Waals surface area contributed by atoms with Crippen LogP contribution in [0.4, 0.5) is 4.39 Å². The Morgan fingerprint density at radius 3 is 2.91 bits per heavy atom. The van der Waals surface area contributed by atoms with Crippen LogP contribution in [0.1, 0.15) is 17.3 Å². The van der Waals surface area contributed by atoms with E-state index >= 15 is 0 Å². The molecule has 0 aliphatic carbocycles. The van der Waals surface area contributed by atoms with Crippen molar-refractivity contribution in [1.82, 2.24) is 19.8 Å². The molecule has 2 aromatic heterocycles. The molecule has 1 aliphatic heterocycles. The topological polar surface area (TPSA) is 77.2 Å². The summed E-state index contributed by atoms with van der Waals surface area (Å²) in [6.07, 6.45) is 0.585. The first-order chi connectivity index (χ1) is 10.5. The molecule has 1 fully saturated rings. The first kappa shape index (κ1) is 13.8. The van der Waals surface area contributed by atoms with Crippen molar-refractivity contribution < 1.29 is 12.8 Å². The van der Waals surface area contributed by atoms with Crippen LogP contribution in [0.2, 0.25) is 0 Å². The van der Waals surface area contributed by atoms with E-state index in [-0.39, 0.29) is 23.2 Å². The molecule has 0 N–H and O–H groups in total. The highest BCUT2D eigenvalue weighted by atomic mass is 32.2. The van der Waals surface area contributed by atoms with Crippen molar-refractivity contribution in [2.75, 3.05) is 11.5 Å². The van der Waals surface area contributed by atoms with Crippen LogP contribution in [0.5, 0.6) is 0 Å². The number of benzene rings is 1. The number of nitrogens with zero attached hydrogens (tertiary/aromatic N) is 4. The highest BCUT2D eigenvalue weighted by molar-refractivity contribution is 7.91. The third-order valence-corrected chi connectivity index (χ3v) is 6.50. The smallest absolute Gasteiger partial charge is 0.229 e. The van der Waals surface area contributed by atoms with E-state index in [1.807, 2.05) is 0 Å². The lowest BCUT2D eigenvalue weighted by molar-refractivity contribution is 0.601. The molecule has 1 aromatic carbocycles. The van der Waals surface area contributed by atoms with E-state index in [1.165, 1.54) is 23.5 Å². The summed E-state index contributed by atoms with van der Waals surface area (Å²) in [5.74, 6) is 0.350. The molecule has 1 atom stereocenters. The monoisotopic (exact) mass is 338 g/mol. The van der Waals surface area contributed by atoms with Gasteiger partial charge in [0.2, 0.25) is 4.96 Å². The number of hydrogen-bond donors (Lipinski definition) is 0. The van der Waals surface area contributed by atoms with Crippen molar-refractivity contribution in [3.05, 3.63) is 35.1 Å². The minimum absolute atomic E-state index is 0.0861. The number of aromatic nitrogens is 4. The Hall–Kier alpha value is -1.87. The SMILES string of the molecule is O=S1(=O)CCC(c2nn3c(-c4cccc(F)c4)nnc3s2)C1. The van der Waals surface area contributed by atoms with Crippen molar-refractivity contribution >= 4 is 26.1 Å². The second-order valence-corrected chi connectivity index (χ2v) is 8.48. The van der Waals surface area contributed by atoms with Crippen molar-refractivity contribution in [3.8, 4) is 11.4 Å². The van der Waals surface area contributed by atoms with Gasteiger partial charge in [-0.2, -0.15) is 9.61 Å². The van der Waals surface area contributed by atoms with Crippen molar-refractivity contribution in [3.63, 3.8) is 0 Å². The molecule has 114 valence electrons. The van der Waals surface area contributed by atoms with Crippen molar-refractivity contribution in [2.45, 2.75) is 12.3 Å². The van der Waals surface area contributed by atoms with Crippen LogP contribution in [0.25, 0.3) is 16.3 Å². The van der Waals surface area contributed by atoms with E-state index in [0.29, 0.717) is 22.8 Å². The molecule has 3 aromatic rings. The van der Waals surface area contributed by atoms with Crippen LogP contribution >= 0.6 is 11.3 Å².